The molecule has 0 spiro atoms. The molecular formula is C7H5BrClNO4S. The minimum absolute atomic E-state index is 0.0872. The summed E-state index contributed by atoms with van der Waals surface area (Å²) in [5, 5.41) is 10.6. The monoisotopic (exact) mass is 313 g/mol. The van der Waals surface area contributed by atoms with Gasteiger partial charge in [-0.15, -0.1) is 0 Å². The Hall–Kier alpha value is -0.660. The van der Waals surface area contributed by atoms with Gasteiger partial charge in [0.15, 0.2) is 4.90 Å². The molecule has 1 aromatic carbocycles. The zero-order valence-corrected chi connectivity index (χ0v) is 10.6. The van der Waals surface area contributed by atoms with Gasteiger partial charge in [-0.2, -0.15) is 0 Å². The molecule has 0 atom stereocenters. The van der Waals surface area contributed by atoms with Crippen LogP contribution in [0.3, 0.4) is 0 Å². The van der Waals surface area contributed by atoms with E-state index >= 15 is 0 Å². The van der Waals surface area contributed by atoms with Crippen molar-refractivity contribution in [2.24, 2.45) is 0 Å². The number of benzene rings is 1. The van der Waals surface area contributed by atoms with E-state index in [1.165, 1.54) is 6.07 Å². The molecule has 0 bridgehead atoms. The molecule has 0 heterocycles. The van der Waals surface area contributed by atoms with E-state index in [-0.39, 0.29) is 4.47 Å². The van der Waals surface area contributed by atoms with Gasteiger partial charge in [0.2, 0.25) is 0 Å². The first-order chi connectivity index (χ1) is 6.73. The number of hydrogen-bond acceptors (Lipinski definition) is 4. The fourth-order valence-corrected chi connectivity index (χ4v) is 3.73. The Bertz CT molecular complexity index is 528. The van der Waals surface area contributed by atoms with Gasteiger partial charge in [-0.05, 0) is 34.5 Å². The maximum atomic E-state index is 11.1. The molecule has 1 rings (SSSR count). The molecule has 0 aliphatic carbocycles. The Morgan fingerprint density at radius 3 is 2.40 bits per heavy atom. The Labute approximate surface area is 98.7 Å². The summed E-state index contributed by atoms with van der Waals surface area (Å²) >= 11 is 2.93. The van der Waals surface area contributed by atoms with Crippen molar-refractivity contribution in [2.45, 2.75) is 11.8 Å². The van der Waals surface area contributed by atoms with Crippen LogP contribution in [-0.4, -0.2) is 13.3 Å². The van der Waals surface area contributed by atoms with Crippen LogP contribution in [0.25, 0.3) is 0 Å². The quantitative estimate of drug-likeness (QED) is 0.477. The molecule has 0 saturated carbocycles. The minimum atomic E-state index is -4.14. The maximum Gasteiger partial charge on any atom is 0.290 e. The van der Waals surface area contributed by atoms with Crippen LogP contribution in [0, 0.1) is 17.0 Å². The average Bonchev–Trinajstić information content (AvgIpc) is 1.99. The van der Waals surface area contributed by atoms with Crippen LogP contribution in [0.2, 0.25) is 0 Å². The van der Waals surface area contributed by atoms with Gasteiger partial charge in [-0.25, -0.2) is 8.42 Å². The summed E-state index contributed by atoms with van der Waals surface area (Å²) in [5.41, 5.74) is 0.0366. The SMILES string of the molecule is Cc1cc(Br)c(S(=O)(=O)Cl)c([N+](=O)[O-])c1. The Morgan fingerprint density at radius 1 is 1.47 bits per heavy atom. The third kappa shape index (κ3) is 2.67. The van der Waals surface area contributed by atoms with Crippen LogP contribution in [0.15, 0.2) is 21.5 Å². The van der Waals surface area contributed by atoms with E-state index in [2.05, 4.69) is 15.9 Å². The van der Waals surface area contributed by atoms with Gasteiger partial charge in [0, 0.05) is 21.2 Å². The highest BCUT2D eigenvalue weighted by atomic mass is 79.9. The predicted molar refractivity (Wildman–Crippen MR) is 58.6 cm³/mol. The van der Waals surface area contributed by atoms with Crippen LogP contribution in [0.4, 0.5) is 5.69 Å². The van der Waals surface area contributed by atoms with Crippen molar-refractivity contribution in [1.29, 1.82) is 0 Å². The second-order valence-corrected chi connectivity index (χ2v) is 6.15. The summed E-state index contributed by atoms with van der Waals surface area (Å²) < 4.78 is 22.3. The molecule has 0 unspecified atom stereocenters. The Morgan fingerprint density at radius 2 is 2.00 bits per heavy atom. The van der Waals surface area contributed by atoms with E-state index in [1.807, 2.05) is 0 Å². The second kappa shape index (κ2) is 4.07. The summed E-state index contributed by atoms with van der Waals surface area (Å²) in [5.74, 6) is 0. The fourth-order valence-electron chi connectivity index (χ4n) is 1.09. The minimum Gasteiger partial charge on any atom is -0.258 e. The van der Waals surface area contributed by atoms with Gasteiger partial charge in [-0.1, -0.05) is 0 Å². The zero-order chi connectivity index (χ0) is 11.8. The van der Waals surface area contributed by atoms with Crippen LogP contribution < -0.4 is 0 Å². The first kappa shape index (κ1) is 12.4. The summed E-state index contributed by atoms with van der Waals surface area (Å²) in [4.78, 5) is 9.34. The molecule has 15 heavy (non-hydrogen) atoms. The van der Waals surface area contributed by atoms with E-state index in [1.54, 1.807) is 6.92 Å². The second-order valence-electron chi connectivity index (χ2n) is 2.79. The molecule has 1 aromatic rings. The number of nitro groups is 1. The van der Waals surface area contributed by atoms with Gasteiger partial charge >= 0.3 is 0 Å². The third-order valence-electron chi connectivity index (χ3n) is 1.61. The molecule has 82 valence electrons. The molecule has 5 nitrogen and oxygen atoms in total. The zero-order valence-electron chi connectivity index (χ0n) is 7.40. The average molecular weight is 315 g/mol. The summed E-state index contributed by atoms with van der Waals surface area (Å²) in [6.07, 6.45) is 0. The first-order valence-electron chi connectivity index (χ1n) is 3.62. The molecular weight excluding hydrogens is 310 g/mol. The molecule has 0 fully saturated rings. The number of aryl methyl sites for hydroxylation is 1. The van der Waals surface area contributed by atoms with Gasteiger partial charge in [0.05, 0.1) is 4.92 Å². The van der Waals surface area contributed by atoms with Gasteiger partial charge < -0.3 is 0 Å². The number of halogens is 2. The van der Waals surface area contributed by atoms with E-state index in [4.69, 9.17) is 10.7 Å². The lowest BCUT2D eigenvalue weighted by Crippen LogP contribution is -2.00. The Kier molecular flexibility index (Phi) is 3.37. The molecule has 0 N–H and O–H groups in total. The van der Waals surface area contributed by atoms with Crippen molar-refractivity contribution in [3.05, 3.63) is 32.3 Å². The molecule has 0 aliphatic rings. The van der Waals surface area contributed by atoms with Gasteiger partial charge in [0.1, 0.15) is 0 Å². The van der Waals surface area contributed by atoms with E-state index in [0.29, 0.717) is 5.56 Å². The van der Waals surface area contributed by atoms with Crippen molar-refractivity contribution >= 4 is 41.4 Å². The van der Waals surface area contributed by atoms with E-state index in [0.717, 1.165) is 6.07 Å². The number of rotatable bonds is 2. The topological polar surface area (TPSA) is 77.3 Å². The summed E-state index contributed by atoms with van der Waals surface area (Å²) in [7, 11) is 0.961. The largest absolute Gasteiger partial charge is 0.290 e. The summed E-state index contributed by atoms with van der Waals surface area (Å²) in [6.45, 7) is 1.61. The maximum absolute atomic E-state index is 11.1. The highest BCUT2D eigenvalue weighted by molar-refractivity contribution is 9.10. The van der Waals surface area contributed by atoms with Crippen molar-refractivity contribution in [3.63, 3.8) is 0 Å². The van der Waals surface area contributed by atoms with Gasteiger partial charge in [0.25, 0.3) is 14.7 Å². The smallest absolute Gasteiger partial charge is 0.258 e. The molecule has 0 aromatic heterocycles. The fraction of sp³-hybridized carbons (Fsp3) is 0.143. The number of nitro benzene ring substituents is 1. The predicted octanol–water partition coefficient (Wildman–Crippen LogP) is 2.59. The molecule has 0 saturated heterocycles. The van der Waals surface area contributed by atoms with Crippen LogP contribution in [0.1, 0.15) is 5.56 Å². The molecule has 0 radical (unpaired) electrons. The lowest BCUT2D eigenvalue weighted by atomic mass is 10.2. The lowest BCUT2D eigenvalue weighted by molar-refractivity contribution is -0.387. The highest BCUT2D eigenvalue weighted by Gasteiger charge is 2.27. The lowest BCUT2D eigenvalue weighted by Gasteiger charge is -2.03. The van der Waals surface area contributed by atoms with Crippen LogP contribution >= 0.6 is 26.6 Å². The third-order valence-corrected chi connectivity index (χ3v) is 3.88. The van der Waals surface area contributed by atoms with E-state index < -0.39 is 24.6 Å². The summed E-state index contributed by atoms with van der Waals surface area (Å²) in [6, 6.07) is 2.60. The normalized spacial score (nSPS) is 11.4. The highest BCUT2D eigenvalue weighted by Crippen LogP contribution is 2.34. The van der Waals surface area contributed by atoms with Crippen LogP contribution in [0.5, 0.6) is 0 Å². The number of nitrogens with zero attached hydrogens (tertiary/aromatic N) is 1. The molecule has 0 aliphatic heterocycles. The first-order valence-corrected chi connectivity index (χ1v) is 6.73. The van der Waals surface area contributed by atoms with Crippen molar-refractivity contribution < 1.29 is 13.3 Å². The van der Waals surface area contributed by atoms with E-state index in [9.17, 15) is 18.5 Å². The standard InChI is InChI=1S/C7H5BrClNO4S/c1-4-2-5(8)7(15(9,13)14)6(3-4)10(11)12/h2-3H,1H3. The number of hydrogen-bond donors (Lipinski definition) is 0. The van der Waals surface area contributed by atoms with Gasteiger partial charge in [-0.3, -0.25) is 10.1 Å². The molecule has 0 amide bonds. The Balaban J connectivity index is 3.70. The van der Waals surface area contributed by atoms with Crippen molar-refractivity contribution in [1.82, 2.24) is 0 Å². The van der Waals surface area contributed by atoms with Crippen molar-refractivity contribution in [2.75, 3.05) is 0 Å². The van der Waals surface area contributed by atoms with Crippen molar-refractivity contribution in [3.8, 4) is 0 Å². The van der Waals surface area contributed by atoms with Crippen LogP contribution in [-0.2, 0) is 9.05 Å². The molecule has 8 heteroatoms.